The van der Waals surface area contributed by atoms with Crippen molar-refractivity contribution in [3.63, 3.8) is 0 Å². The van der Waals surface area contributed by atoms with E-state index in [2.05, 4.69) is 20.5 Å². The number of carboxylic acids is 1. The number of carboxylic acid groups (broad SMARTS) is 1. The lowest BCUT2D eigenvalue weighted by Crippen LogP contribution is -2.61. The first-order chi connectivity index (χ1) is 31.3. The monoisotopic (exact) mass is 929 g/mol. The van der Waals surface area contributed by atoms with Gasteiger partial charge < -0.3 is 44.1 Å². The standard InChI is InChI=1S/C47H67F3N8O8/c1-28(64-7)39-34(22-31(25-51-39)55-17-15-54(16-18-55)29-10-11-29)40-35(24-47(5,6)27-59)33-21-30(12-13-38(33)58(40)42(50)41(48)49)56-19-20-65-32(26-56)23-37(52-45(63)66-46(2,3)4)43(60)57-14-8-9-36(53-57)44(61)62/h12-13,21-22,25,28-29,32,36-37,41-42,53,59H,8-11,14-20,23-24,26-27H2,1-7H3,(H,52,63)(H,61,62)/t28-,32?,36?,37?,42?/m0/s1. The van der Waals surface area contributed by atoms with Crippen molar-refractivity contribution in [2.45, 2.75) is 129 Å². The highest BCUT2D eigenvalue weighted by Crippen LogP contribution is 2.45. The van der Waals surface area contributed by atoms with Gasteiger partial charge in [-0.1, -0.05) is 13.8 Å². The molecule has 16 nitrogen and oxygen atoms in total. The molecule has 66 heavy (non-hydrogen) atoms. The fraction of sp³-hybridized carbons (Fsp3) is 0.660. The van der Waals surface area contributed by atoms with Crippen LogP contribution in [-0.4, -0.2) is 150 Å². The van der Waals surface area contributed by atoms with Gasteiger partial charge in [0.15, 0.2) is 0 Å². The summed E-state index contributed by atoms with van der Waals surface area (Å²) in [5.41, 5.74) is 4.63. The topological polar surface area (TPSA) is 174 Å². The summed E-state index contributed by atoms with van der Waals surface area (Å²) in [7, 11) is 1.54. The highest BCUT2D eigenvalue weighted by Gasteiger charge is 2.38. The van der Waals surface area contributed by atoms with E-state index < -0.39 is 66.0 Å². The summed E-state index contributed by atoms with van der Waals surface area (Å²) in [6.45, 7) is 14.8. The second-order valence-corrected chi connectivity index (χ2v) is 19.9. The molecule has 3 aliphatic heterocycles. The van der Waals surface area contributed by atoms with Crippen molar-refractivity contribution in [2.24, 2.45) is 5.41 Å². The molecule has 19 heteroatoms. The number of alkyl halides is 3. The highest BCUT2D eigenvalue weighted by atomic mass is 19.3. The summed E-state index contributed by atoms with van der Waals surface area (Å²) in [5, 5.41) is 24.7. The number of pyridine rings is 1. The van der Waals surface area contributed by atoms with Gasteiger partial charge in [0.1, 0.15) is 17.7 Å². The number of carbonyl (C=O) groups is 3. The number of piperazine rings is 1. The van der Waals surface area contributed by atoms with E-state index in [9.17, 15) is 33.4 Å². The summed E-state index contributed by atoms with van der Waals surface area (Å²) in [4.78, 5) is 50.6. The van der Waals surface area contributed by atoms with Crippen LogP contribution in [0.3, 0.4) is 0 Å². The molecule has 4 unspecified atom stereocenters. The lowest BCUT2D eigenvalue weighted by atomic mass is 9.84. The Morgan fingerprint density at radius 3 is 2.35 bits per heavy atom. The van der Waals surface area contributed by atoms with Crippen molar-refractivity contribution in [3.8, 4) is 11.3 Å². The molecule has 0 bridgehead atoms. The number of anilines is 2. The molecule has 0 radical (unpaired) electrons. The van der Waals surface area contributed by atoms with Crippen LogP contribution in [0.4, 0.5) is 29.3 Å². The van der Waals surface area contributed by atoms with E-state index in [0.29, 0.717) is 53.3 Å². The van der Waals surface area contributed by atoms with Crippen molar-refractivity contribution >= 4 is 40.2 Å². The number of halogens is 3. The summed E-state index contributed by atoms with van der Waals surface area (Å²) in [6.07, 6.45) is -2.93. The summed E-state index contributed by atoms with van der Waals surface area (Å²) in [5.74, 6) is -1.64. The number of aliphatic carboxylic acids is 1. The number of hydrogen-bond acceptors (Lipinski definition) is 12. The maximum Gasteiger partial charge on any atom is 0.408 e. The van der Waals surface area contributed by atoms with Gasteiger partial charge in [0.05, 0.1) is 47.6 Å². The van der Waals surface area contributed by atoms with Gasteiger partial charge in [0, 0.05) is 88.6 Å². The van der Waals surface area contributed by atoms with E-state index in [0.717, 1.165) is 36.4 Å². The van der Waals surface area contributed by atoms with Crippen molar-refractivity contribution in [1.82, 2.24) is 30.2 Å². The van der Waals surface area contributed by atoms with Gasteiger partial charge >= 0.3 is 12.1 Å². The number of hydrogen-bond donors (Lipinski definition) is 4. The Morgan fingerprint density at radius 1 is 0.985 bits per heavy atom. The van der Waals surface area contributed by atoms with Crippen LogP contribution >= 0.6 is 0 Å². The number of aliphatic hydroxyl groups excluding tert-OH is 1. The van der Waals surface area contributed by atoms with Crippen LogP contribution in [0.2, 0.25) is 0 Å². The summed E-state index contributed by atoms with van der Waals surface area (Å²) < 4.78 is 64.8. The minimum Gasteiger partial charge on any atom is -0.480 e. The maximum absolute atomic E-state index is 16.5. The molecule has 1 aromatic carbocycles. The van der Waals surface area contributed by atoms with Crippen LogP contribution in [0, 0.1) is 5.41 Å². The number of carbonyl (C=O) groups excluding carboxylic acids is 2. The molecule has 0 spiro atoms. The SMILES string of the molecule is CO[C@@H](C)c1ncc(N2CCN(C3CC3)CC2)cc1-c1c(CC(C)(C)CO)c2cc(N3CCOC(CC(NC(=O)OC(C)(C)C)C(=O)N4CCCC(C(=O)O)N4)C3)ccc2n1C(F)C(F)F. The second kappa shape index (κ2) is 20.3. The fourth-order valence-electron chi connectivity index (χ4n) is 9.33. The number of benzene rings is 1. The van der Waals surface area contributed by atoms with E-state index >= 15 is 4.39 Å². The predicted octanol–water partition coefficient (Wildman–Crippen LogP) is 6.06. The maximum atomic E-state index is 16.5. The Labute approximate surface area is 384 Å². The van der Waals surface area contributed by atoms with Crippen LogP contribution < -0.4 is 20.5 Å². The van der Waals surface area contributed by atoms with Gasteiger partial charge in [-0.3, -0.25) is 24.5 Å². The minimum atomic E-state index is -3.37. The fourth-order valence-corrected chi connectivity index (χ4v) is 9.33. The number of rotatable bonds is 16. The normalized spacial score (nSPS) is 21.5. The molecule has 7 rings (SSSR count). The zero-order valence-electron chi connectivity index (χ0n) is 39.2. The van der Waals surface area contributed by atoms with E-state index in [1.165, 1.54) is 25.0 Å². The largest absolute Gasteiger partial charge is 0.480 e. The second-order valence-electron chi connectivity index (χ2n) is 19.9. The van der Waals surface area contributed by atoms with Crippen molar-refractivity contribution in [1.29, 1.82) is 0 Å². The Kier molecular flexibility index (Phi) is 15.1. The molecule has 4 N–H and O–H groups in total. The van der Waals surface area contributed by atoms with Gasteiger partial charge in [0.2, 0.25) is 6.30 Å². The average Bonchev–Trinajstić information content (AvgIpc) is 4.10. The zero-order chi connectivity index (χ0) is 47.7. The predicted molar refractivity (Wildman–Crippen MR) is 243 cm³/mol. The number of morpholine rings is 1. The molecule has 5 heterocycles. The average molecular weight is 929 g/mol. The third-order valence-electron chi connectivity index (χ3n) is 13.0. The molecule has 3 saturated heterocycles. The smallest absolute Gasteiger partial charge is 0.408 e. The van der Waals surface area contributed by atoms with Crippen LogP contribution in [0.5, 0.6) is 0 Å². The zero-order valence-corrected chi connectivity index (χ0v) is 39.2. The molecule has 4 fully saturated rings. The summed E-state index contributed by atoms with van der Waals surface area (Å²) >= 11 is 0. The molecule has 2 amide bonds. The van der Waals surface area contributed by atoms with Gasteiger partial charge in [-0.15, -0.1) is 0 Å². The number of aliphatic hydroxyl groups is 1. The highest BCUT2D eigenvalue weighted by molar-refractivity contribution is 5.95. The number of ether oxygens (including phenoxy) is 3. The van der Waals surface area contributed by atoms with E-state index in [4.69, 9.17) is 19.2 Å². The number of methoxy groups -OCH3 is 1. The Bertz CT molecular complexity index is 2210. The van der Waals surface area contributed by atoms with E-state index in [1.807, 2.05) is 37.8 Å². The van der Waals surface area contributed by atoms with Gasteiger partial charge in [-0.05, 0) is 95.0 Å². The summed E-state index contributed by atoms with van der Waals surface area (Å²) in [6, 6.07) is 5.68. The third kappa shape index (κ3) is 11.3. The molecular weight excluding hydrogens is 862 g/mol. The minimum absolute atomic E-state index is 0.0144. The molecule has 5 atom stereocenters. The number of amides is 2. The number of hydrazine groups is 1. The number of nitrogens with one attached hydrogen (secondary N) is 2. The Morgan fingerprint density at radius 2 is 1.71 bits per heavy atom. The van der Waals surface area contributed by atoms with Crippen LogP contribution in [0.25, 0.3) is 22.2 Å². The third-order valence-corrected chi connectivity index (χ3v) is 13.0. The number of aromatic nitrogens is 2. The lowest BCUT2D eigenvalue weighted by molar-refractivity contribution is -0.148. The van der Waals surface area contributed by atoms with Crippen LogP contribution in [-0.2, 0) is 30.2 Å². The molecule has 1 aliphatic carbocycles. The van der Waals surface area contributed by atoms with Crippen molar-refractivity contribution in [2.75, 3.05) is 75.9 Å². The van der Waals surface area contributed by atoms with Crippen LogP contribution in [0.15, 0.2) is 30.5 Å². The van der Waals surface area contributed by atoms with E-state index in [1.54, 1.807) is 39.1 Å². The van der Waals surface area contributed by atoms with Crippen molar-refractivity contribution in [3.05, 3.63) is 41.7 Å². The molecule has 3 aromatic rings. The molecule has 1 saturated carbocycles. The van der Waals surface area contributed by atoms with Gasteiger partial charge in [-0.2, -0.15) is 0 Å². The Balaban J connectivity index is 1.27. The first-order valence-electron chi connectivity index (χ1n) is 23.2. The quantitative estimate of drug-likeness (QED) is 0.131. The molecular formula is C47H67F3N8O8. The molecule has 4 aliphatic rings. The van der Waals surface area contributed by atoms with Gasteiger partial charge in [-0.25, -0.2) is 23.4 Å². The molecule has 364 valence electrons. The number of alkyl carbamates (subject to hydrolysis) is 1. The first kappa shape index (κ1) is 49.2. The van der Waals surface area contributed by atoms with Crippen molar-refractivity contribution < 1.29 is 52.0 Å². The Hall–Kier alpha value is -4.69. The van der Waals surface area contributed by atoms with E-state index in [-0.39, 0.29) is 50.4 Å². The van der Waals surface area contributed by atoms with Gasteiger partial charge in [0.25, 0.3) is 12.3 Å². The first-order valence-corrected chi connectivity index (χ1v) is 23.2. The number of fused-ring (bicyclic) bond motifs is 1. The number of nitrogens with zero attached hydrogens (tertiary/aromatic N) is 6. The molecule has 2 aromatic heterocycles. The lowest BCUT2D eigenvalue weighted by Gasteiger charge is -2.38. The van der Waals surface area contributed by atoms with Crippen LogP contribution in [0.1, 0.15) is 97.3 Å².